The Morgan fingerprint density at radius 3 is 2.42 bits per heavy atom. The fraction of sp³-hybridized carbons (Fsp3) is 0.714. The molecule has 1 aromatic heterocycles. The first-order chi connectivity index (χ1) is 8.73. The van der Waals surface area contributed by atoms with Crippen LogP contribution < -0.4 is 0 Å². The smallest absolute Gasteiger partial charge is 0.313 e. The Hall–Kier alpha value is -0.970. The van der Waals surface area contributed by atoms with Crippen LogP contribution in [-0.2, 0) is 11.2 Å². The molecule has 0 atom stereocenters. The standard InChI is InChI=1S/C14H22N2O2S/c1-6-9-7-15-12(19-8-10(17)18)16(9)11-13(2,3)14(11,4)5/h7,11H,6,8H2,1-5H3,(H,17,18). The van der Waals surface area contributed by atoms with Crippen LogP contribution in [0.25, 0.3) is 0 Å². The van der Waals surface area contributed by atoms with Gasteiger partial charge in [-0.15, -0.1) is 0 Å². The van der Waals surface area contributed by atoms with E-state index in [1.54, 1.807) is 0 Å². The lowest BCUT2D eigenvalue weighted by Crippen LogP contribution is -2.08. The van der Waals surface area contributed by atoms with Crippen LogP contribution in [0.1, 0.15) is 46.4 Å². The maximum atomic E-state index is 10.7. The number of aryl methyl sites for hydroxylation is 1. The third kappa shape index (κ3) is 2.18. The predicted octanol–water partition coefficient (Wildman–Crippen LogP) is 3.23. The van der Waals surface area contributed by atoms with Gasteiger partial charge in [0.15, 0.2) is 5.16 Å². The van der Waals surface area contributed by atoms with Gasteiger partial charge in [-0.25, -0.2) is 4.98 Å². The molecule has 0 amide bonds. The average Bonchev–Trinajstić information content (AvgIpc) is 2.64. The van der Waals surface area contributed by atoms with E-state index in [1.165, 1.54) is 17.5 Å². The summed E-state index contributed by atoms with van der Waals surface area (Å²) in [5.74, 6) is -0.736. The zero-order chi connectivity index (χ0) is 14.4. The van der Waals surface area contributed by atoms with Crippen molar-refractivity contribution < 1.29 is 9.90 Å². The lowest BCUT2D eigenvalue weighted by atomic mass is 10.0. The van der Waals surface area contributed by atoms with E-state index >= 15 is 0 Å². The summed E-state index contributed by atoms with van der Waals surface area (Å²) in [6.07, 6.45) is 2.80. The SMILES string of the molecule is CCc1cnc(SCC(=O)O)n1C1C(C)(C)C1(C)C. The van der Waals surface area contributed by atoms with Gasteiger partial charge >= 0.3 is 5.97 Å². The Bertz CT molecular complexity index is 492. The highest BCUT2D eigenvalue weighted by Crippen LogP contribution is 2.72. The zero-order valence-electron chi connectivity index (χ0n) is 12.2. The molecule has 0 spiro atoms. The maximum absolute atomic E-state index is 10.7. The minimum absolute atomic E-state index is 0.0632. The number of rotatable bonds is 5. The molecule has 0 bridgehead atoms. The van der Waals surface area contributed by atoms with Crippen LogP contribution in [0.5, 0.6) is 0 Å². The largest absolute Gasteiger partial charge is 0.481 e. The quantitative estimate of drug-likeness (QED) is 0.842. The maximum Gasteiger partial charge on any atom is 0.313 e. The van der Waals surface area contributed by atoms with Crippen molar-refractivity contribution in [2.45, 2.75) is 52.2 Å². The van der Waals surface area contributed by atoms with Crippen molar-refractivity contribution in [1.82, 2.24) is 9.55 Å². The summed E-state index contributed by atoms with van der Waals surface area (Å²) in [6, 6.07) is 0.397. The number of imidazole rings is 1. The van der Waals surface area contributed by atoms with Crippen LogP contribution in [0.4, 0.5) is 0 Å². The van der Waals surface area contributed by atoms with E-state index in [0.29, 0.717) is 6.04 Å². The number of thioether (sulfide) groups is 1. The van der Waals surface area contributed by atoms with Gasteiger partial charge in [-0.1, -0.05) is 46.4 Å². The van der Waals surface area contributed by atoms with Crippen molar-refractivity contribution in [2.75, 3.05) is 5.75 Å². The lowest BCUT2D eigenvalue weighted by Gasteiger charge is -2.12. The number of nitrogens with zero attached hydrogens (tertiary/aromatic N) is 2. The van der Waals surface area contributed by atoms with Crippen LogP contribution in [0.15, 0.2) is 11.4 Å². The Morgan fingerprint density at radius 1 is 1.42 bits per heavy atom. The minimum atomic E-state index is -0.799. The van der Waals surface area contributed by atoms with Gasteiger partial charge in [0.25, 0.3) is 0 Å². The molecule has 0 saturated heterocycles. The average molecular weight is 282 g/mol. The van der Waals surface area contributed by atoms with E-state index in [-0.39, 0.29) is 16.6 Å². The molecular weight excluding hydrogens is 260 g/mol. The molecule has 106 valence electrons. The summed E-state index contributed by atoms with van der Waals surface area (Å²) in [6.45, 7) is 11.2. The van der Waals surface area contributed by atoms with Crippen LogP contribution >= 0.6 is 11.8 Å². The zero-order valence-corrected chi connectivity index (χ0v) is 13.0. The van der Waals surface area contributed by atoms with E-state index in [0.717, 1.165) is 11.6 Å². The van der Waals surface area contributed by atoms with Crippen molar-refractivity contribution >= 4 is 17.7 Å². The molecule has 19 heavy (non-hydrogen) atoms. The van der Waals surface area contributed by atoms with E-state index in [2.05, 4.69) is 44.2 Å². The fourth-order valence-corrected chi connectivity index (χ4v) is 3.70. The number of carboxylic acid groups (broad SMARTS) is 1. The van der Waals surface area contributed by atoms with Gasteiger partial charge < -0.3 is 9.67 Å². The first-order valence-corrected chi connectivity index (χ1v) is 7.62. The Morgan fingerprint density at radius 2 is 2.00 bits per heavy atom. The third-order valence-corrected chi connectivity index (χ3v) is 5.68. The number of aromatic nitrogens is 2. The topological polar surface area (TPSA) is 55.1 Å². The molecule has 0 unspecified atom stereocenters. The summed E-state index contributed by atoms with van der Waals surface area (Å²) in [5, 5.41) is 9.67. The minimum Gasteiger partial charge on any atom is -0.481 e. The van der Waals surface area contributed by atoms with Gasteiger partial charge in [-0.05, 0) is 17.3 Å². The van der Waals surface area contributed by atoms with Gasteiger partial charge in [-0.3, -0.25) is 4.79 Å². The predicted molar refractivity (Wildman–Crippen MR) is 76.6 cm³/mol. The number of hydrogen-bond acceptors (Lipinski definition) is 3. The summed E-state index contributed by atoms with van der Waals surface area (Å²) in [7, 11) is 0. The normalized spacial score (nSPS) is 20.5. The molecule has 0 aromatic carbocycles. The Labute approximate surface area is 118 Å². The monoisotopic (exact) mass is 282 g/mol. The molecule has 0 radical (unpaired) electrons. The molecule has 0 aliphatic heterocycles. The first kappa shape index (κ1) is 14.4. The summed E-state index contributed by atoms with van der Waals surface area (Å²) < 4.78 is 2.26. The van der Waals surface area contributed by atoms with Crippen LogP contribution in [0.2, 0.25) is 0 Å². The summed E-state index contributed by atoms with van der Waals surface area (Å²) >= 11 is 1.31. The second-order valence-corrected chi connectivity index (χ2v) is 7.23. The number of carbonyl (C=O) groups is 1. The van der Waals surface area contributed by atoms with Gasteiger partial charge in [0.2, 0.25) is 0 Å². The molecule has 1 fully saturated rings. The molecule has 4 nitrogen and oxygen atoms in total. The van der Waals surface area contributed by atoms with E-state index in [1.807, 2.05) is 6.20 Å². The second kappa shape index (κ2) is 4.54. The van der Waals surface area contributed by atoms with Crippen LogP contribution in [0.3, 0.4) is 0 Å². The van der Waals surface area contributed by atoms with E-state index in [4.69, 9.17) is 5.11 Å². The van der Waals surface area contributed by atoms with Crippen LogP contribution in [-0.4, -0.2) is 26.4 Å². The molecule has 1 aromatic rings. The summed E-state index contributed by atoms with van der Waals surface area (Å²) in [4.78, 5) is 15.2. The van der Waals surface area contributed by atoms with Gasteiger partial charge in [0, 0.05) is 17.9 Å². The first-order valence-electron chi connectivity index (χ1n) is 6.64. The van der Waals surface area contributed by atoms with Gasteiger partial charge in [0.05, 0.1) is 5.75 Å². The lowest BCUT2D eigenvalue weighted by molar-refractivity contribution is -0.133. The van der Waals surface area contributed by atoms with Crippen molar-refractivity contribution in [3.05, 3.63) is 11.9 Å². The molecule has 1 aliphatic carbocycles. The highest BCUT2D eigenvalue weighted by Gasteiger charge is 2.66. The molecule has 1 N–H and O–H groups in total. The van der Waals surface area contributed by atoms with Gasteiger partial charge in [0.1, 0.15) is 0 Å². The molecule has 5 heteroatoms. The van der Waals surface area contributed by atoms with Crippen LogP contribution in [0, 0.1) is 10.8 Å². The van der Waals surface area contributed by atoms with Crippen molar-refractivity contribution in [3.63, 3.8) is 0 Å². The molecule has 1 saturated carbocycles. The Kier molecular flexibility index (Phi) is 3.45. The highest BCUT2D eigenvalue weighted by molar-refractivity contribution is 7.99. The molecule has 2 rings (SSSR count). The molecule has 1 heterocycles. The Balaban J connectivity index is 2.34. The van der Waals surface area contributed by atoms with E-state index < -0.39 is 5.97 Å². The second-order valence-electron chi connectivity index (χ2n) is 6.28. The van der Waals surface area contributed by atoms with Crippen molar-refractivity contribution in [1.29, 1.82) is 0 Å². The summed E-state index contributed by atoms with van der Waals surface area (Å²) in [5.41, 5.74) is 1.63. The highest BCUT2D eigenvalue weighted by atomic mass is 32.2. The number of carboxylic acids is 1. The van der Waals surface area contributed by atoms with Crippen molar-refractivity contribution in [3.8, 4) is 0 Å². The number of hydrogen-bond donors (Lipinski definition) is 1. The van der Waals surface area contributed by atoms with E-state index in [9.17, 15) is 4.79 Å². The van der Waals surface area contributed by atoms with Gasteiger partial charge in [-0.2, -0.15) is 0 Å². The van der Waals surface area contributed by atoms with Crippen molar-refractivity contribution in [2.24, 2.45) is 10.8 Å². The molecule has 1 aliphatic rings. The third-order valence-electron chi connectivity index (χ3n) is 4.73. The number of aliphatic carboxylic acids is 1. The fourth-order valence-electron chi connectivity index (χ4n) is 2.95. The molecular formula is C14H22N2O2S.